The molecule has 0 radical (unpaired) electrons. The van der Waals surface area contributed by atoms with Crippen LogP contribution in [0.25, 0.3) is 0 Å². The number of nitrogens with zero attached hydrogens (tertiary/aromatic N) is 1. The number of hydrogen-bond donors (Lipinski definition) is 5. The van der Waals surface area contributed by atoms with Crippen LogP contribution in [0.1, 0.15) is 94.4 Å². The van der Waals surface area contributed by atoms with Gasteiger partial charge < -0.3 is 58.5 Å². The first-order valence-electron chi connectivity index (χ1n) is 19.7. The molecule has 15 nitrogen and oxygen atoms in total. The standard InChI is InChI=1S/C39H72N2O13/c1-14-29-38(9,47)33(44)23(4)31(43)21(2)18-39(49-13)35(51-20-50-22(3)17-27(41(10)11)28(42)15-16-40-39)24(5)32(25(6)36(46)53-29)54-30-19-37(8,48-12)34(45)26(7)52-30/h21-30,32-35,40,42,44-45,47H,14-20H2,1-13H3/t21-,22-,23+,24+,25-,26+,27+,28+,29-,30+,32+,33-,34+,35-,37+,38-,39-/m1/s1. The van der Waals surface area contributed by atoms with E-state index >= 15 is 0 Å². The minimum absolute atomic E-state index is 0.0486. The Morgan fingerprint density at radius 2 is 1.57 bits per heavy atom. The van der Waals surface area contributed by atoms with Crippen LogP contribution in [-0.2, 0) is 42.7 Å². The Bertz CT molecular complexity index is 1210. The van der Waals surface area contributed by atoms with Gasteiger partial charge in [-0.25, -0.2) is 0 Å². The van der Waals surface area contributed by atoms with Crippen LogP contribution < -0.4 is 5.32 Å². The van der Waals surface area contributed by atoms with E-state index < -0.39 is 95.6 Å². The molecule has 0 unspecified atom stereocenters. The Hall–Kier alpha value is -1.34. The molecule has 3 aliphatic rings. The summed E-state index contributed by atoms with van der Waals surface area (Å²) in [4.78, 5) is 30.3. The molecule has 0 aromatic carbocycles. The van der Waals surface area contributed by atoms with Crippen LogP contribution in [0.15, 0.2) is 0 Å². The number of ketones is 1. The number of carbonyl (C=O) groups excluding carboxylic acids is 2. The zero-order valence-corrected chi connectivity index (χ0v) is 34.9. The molecule has 3 heterocycles. The fourth-order valence-corrected chi connectivity index (χ4v) is 8.74. The number of esters is 1. The van der Waals surface area contributed by atoms with Gasteiger partial charge in [-0.15, -0.1) is 0 Å². The third kappa shape index (κ3) is 10.4. The highest BCUT2D eigenvalue weighted by Gasteiger charge is 2.54. The Morgan fingerprint density at radius 3 is 2.15 bits per heavy atom. The maximum atomic E-state index is 14.2. The van der Waals surface area contributed by atoms with Crippen LogP contribution in [-0.4, -0.2) is 157 Å². The number of nitrogens with one attached hydrogen (secondary N) is 1. The Kier molecular flexibility index (Phi) is 16.9. The Morgan fingerprint density at radius 1 is 0.926 bits per heavy atom. The second-order valence-electron chi connectivity index (χ2n) is 16.8. The van der Waals surface area contributed by atoms with Crippen molar-refractivity contribution in [3.63, 3.8) is 0 Å². The maximum Gasteiger partial charge on any atom is 0.311 e. The van der Waals surface area contributed by atoms with E-state index in [0.29, 0.717) is 12.8 Å². The number of aliphatic hydroxyl groups is 4. The fraction of sp³-hybridized carbons (Fsp3) is 0.949. The molecule has 0 aliphatic carbocycles. The van der Waals surface area contributed by atoms with Gasteiger partial charge in [-0.2, -0.15) is 0 Å². The molecule has 3 aliphatic heterocycles. The monoisotopic (exact) mass is 777 g/mol. The fourth-order valence-electron chi connectivity index (χ4n) is 8.74. The summed E-state index contributed by atoms with van der Waals surface area (Å²) in [6.07, 6.45) is -7.07. The lowest BCUT2D eigenvalue weighted by molar-refractivity contribution is -0.304. The lowest BCUT2D eigenvalue weighted by atomic mass is 9.75. The van der Waals surface area contributed by atoms with E-state index in [9.17, 15) is 30.0 Å². The molecule has 54 heavy (non-hydrogen) atoms. The van der Waals surface area contributed by atoms with E-state index in [1.54, 1.807) is 41.5 Å². The van der Waals surface area contributed by atoms with Gasteiger partial charge in [-0.3, -0.25) is 14.9 Å². The number of likely N-dealkylation sites (N-methyl/N-ethyl adjacent to an activating group) is 1. The molecule has 0 spiro atoms. The summed E-state index contributed by atoms with van der Waals surface area (Å²) >= 11 is 0. The number of hydrogen-bond acceptors (Lipinski definition) is 15. The molecule has 17 atom stereocenters. The highest BCUT2D eigenvalue weighted by molar-refractivity contribution is 5.83. The number of fused-ring (bicyclic) bond motifs is 1. The predicted molar refractivity (Wildman–Crippen MR) is 199 cm³/mol. The Labute approximate surface area is 322 Å². The predicted octanol–water partition coefficient (Wildman–Crippen LogP) is 1.99. The quantitative estimate of drug-likeness (QED) is 0.246. The van der Waals surface area contributed by atoms with Gasteiger partial charge >= 0.3 is 5.97 Å². The summed E-state index contributed by atoms with van der Waals surface area (Å²) in [5.41, 5.74) is -4.44. The van der Waals surface area contributed by atoms with Crippen molar-refractivity contribution in [3.05, 3.63) is 0 Å². The minimum Gasteiger partial charge on any atom is -0.459 e. The molecular formula is C39H72N2O13. The van der Waals surface area contributed by atoms with Gasteiger partial charge in [-0.05, 0) is 68.0 Å². The number of aliphatic hydroxyl groups excluding tert-OH is 3. The molecular weight excluding hydrogens is 704 g/mol. The average Bonchev–Trinajstić information content (AvgIpc) is 3.12. The van der Waals surface area contributed by atoms with E-state index in [1.165, 1.54) is 21.1 Å². The molecule has 3 fully saturated rings. The van der Waals surface area contributed by atoms with E-state index in [2.05, 4.69) is 5.32 Å². The second-order valence-corrected chi connectivity index (χ2v) is 16.8. The molecule has 15 heteroatoms. The van der Waals surface area contributed by atoms with Gasteiger partial charge in [0.25, 0.3) is 0 Å². The molecule has 0 amide bonds. The van der Waals surface area contributed by atoms with Gasteiger partial charge in [0.05, 0.1) is 42.0 Å². The van der Waals surface area contributed by atoms with Crippen molar-refractivity contribution in [2.75, 3.05) is 41.7 Å². The molecule has 316 valence electrons. The van der Waals surface area contributed by atoms with Crippen LogP contribution >= 0.6 is 0 Å². The number of methoxy groups -OCH3 is 2. The molecule has 5 N–H and O–H groups in total. The lowest BCUT2D eigenvalue weighted by Gasteiger charge is -2.49. The zero-order chi connectivity index (χ0) is 40.9. The van der Waals surface area contributed by atoms with Crippen LogP contribution in [0.4, 0.5) is 0 Å². The first kappa shape index (κ1) is 47.0. The van der Waals surface area contributed by atoms with Crippen molar-refractivity contribution >= 4 is 11.8 Å². The maximum absolute atomic E-state index is 14.2. The smallest absolute Gasteiger partial charge is 0.311 e. The first-order valence-corrected chi connectivity index (χ1v) is 19.7. The molecule has 0 aromatic rings. The van der Waals surface area contributed by atoms with Gasteiger partial charge in [0.15, 0.2) is 6.29 Å². The number of Topliss-reactive ketones (excluding diaryl/α,β-unsaturated/α-hetero) is 1. The third-order valence-corrected chi connectivity index (χ3v) is 12.5. The lowest BCUT2D eigenvalue weighted by Crippen LogP contribution is -2.64. The van der Waals surface area contributed by atoms with E-state index in [1.807, 2.05) is 32.8 Å². The Balaban J connectivity index is 2.23. The van der Waals surface area contributed by atoms with Crippen molar-refractivity contribution in [2.24, 2.45) is 23.7 Å². The van der Waals surface area contributed by atoms with E-state index in [0.717, 1.165) is 0 Å². The number of cyclic esters (lactones) is 1. The summed E-state index contributed by atoms with van der Waals surface area (Å²) in [5.74, 6) is -4.52. The van der Waals surface area contributed by atoms with Gasteiger partial charge in [0, 0.05) is 57.4 Å². The normalized spacial score (nSPS) is 47.1. The molecule has 0 saturated carbocycles. The first-order chi connectivity index (χ1) is 25.1. The summed E-state index contributed by atoms with van der Waals surface area (Å²) in [5, 5.41) is 49.0. The molecule has 0 bridgehead atoms. The van der Waals surface area contributed by atoms with Crippen LogP contribution in [0.5, 0.6) is 0 Å². The summed E-state index contributed by atoms with van der Waals surface area (Å²) in [7, 11) is 6.83. The highest BCUT2D eigenvalue weighted by atomic mass is 16.7. The highest BCUT2D eigenvalue weighted by Crippen LogP contribution is 2.40. The minimum atomic E-state index is -1.98. The molecule has 3 saturated heterocycles. The van der Waals surface area contributed by atoms with Crippen molar-refractivity contribution in [1.29, 1.82) is 0 Å². The van der Waals surface area contributed by atoms with E-state index in [4.69, 9.17) is 33.2 Å². The second kappa shape index (κ2) is 19.4. The summed E-state index contributed by atoms with van der Waals surface area (Å²) < 4.78 is 43.9. The molecule has 0 aromatic heterocycles. The van der Waals surface area contributed by atoms with Crippen molar-refractivity contribution in [3.8, 4) is 0 Å². The van der Waals surface area contributed by atoms with Gasteiger partial charge in [0.1, 0.15) is 42.2 Å². The summed E-state index contributed by atoms with van der Waals surface area (Å²) in [6.45, 7) is 15.4. The third-order valence-electron chi connectivity index (χ3n) is 12.5. The van der Waals surface area contributed by atoms with Crippen molar-refractivity contribution in [1.82, 2.24) is 10.2 Å². The van der Waals surface area contributed by atoms with Crippen LogP contribution in [0, 0.1) is 23.7 Å². The van der Waals surface area contributed by atoms with Crippen LogP contribution in [0.3, 0.4) is 0 Å². The topological polar surface area (TPSA) is 195 Å². The summed E-state index contributed by atoms with van der Waals surface area (Å²) in [6, 6.07) is -0.208. The SMILES string of the molecule is CC[C@H]1OC(=O)[C@H](C)[C@@H](O[C@H]2C[C@](C)(OC)[C@@H](O)[C@H](C)O2)[C@H](C)[C@H]2OCO[C@H](C)C[C@H](N(C)C)[C@@H](O)CCN[C@@]2(OC)C[C@@H](C)C(=O)[C@H](C)[C@@H](O)[C@]1(C)O. The number of ether oxygens (including phenoxy) is 7. The van der Waals surface area contributed by atoms with E-state index in [-0.39, 0.29) is 50.5 Å². The van der Waals surface area contributed by atoms with Gasteiger partial charge in [-0.1, -0.05) is 27.7 Å². The largest absolute Gasteiger partial charge is 0.459 e. The van der Waals surface area contributed by atoms with Gasteiger partial charge in [0.2, 0.25) is 0 Å². The zero-order valence-electron chi connectivity index (χ0n) is 34.9. The van der Waals surface area contributed by atoms with Crippen molar-refractivity contribution in [2.45, 2.75) is 173 Å². The average molecular weight is 777 g/mol. The number of carbonyl (C=O) groups is 2. The number of rotatable bonds is 6. The van der Waals surface area contributed by atoms with Crippen molar-refractivity contribution < 1.29 is 63.2 Å². The molecule has 3 rings (SSSR count). The van der Waals surface area contributed by atoms with Crippen LogP contribution in [0.2, 0.25) is 0 Å².